The number of fused-ring (bicyclic) bond motifs is 1. The Morgan fingerprint density at radius 1 is 1.05 bits per heavy atom. The number of esters is 2. The molecule has 2 aromatic carbocycles. The zero-order valence-corrected chi connectivity index (χ0v) is 26.9. The monoisotopic (exact) mass is 598 g/mol. The van der Waals surface area contributed by atoms with E-state index in [9.17, 15) is 14.7 Å². The number of aryl methyl sites for hydroxylation is 1. The molecule has 3 aromatic rings. The van der Waals surface area contributed by atoms with Crippen LogP contribution in [0.1, 0.15) is 82.8 Å². The van der Waals surface area contributed by atoms with Crippen molar-refractivity contribution in [2.24, 2.45) is 23.7 Å². The molecule has 1 saturated heterocycles. The highest BCUT2D eigenvalue weighted by Gasteiger charge is 2.44. The lowest BCUT2D eigenvalue weighted by Gasteiger charge is -2.25. The quantitative estimate of drug-likeness (QED) is 0.132. The minimum atomic E-state index is -1.26. The lowest BCUT2D eigenvalue weighted by atomic mass is 9.86. The van der Waals surface area contributed by atoms with Crippen molar-refractivity contribution in [2.45, 2.75) is 79.2 Å². The zero-order valence-electron chi connectivity index (χ0n) is 26.9. The third kappa shape index (κ3) is 8.86. The molecular formula is C38H46O6. The summed E-state index contributed by atoms with van der Waals surface area (Å²) < 4.78 is 17.4. The van der Waals surface area contributed by atoms with Crippen LogP contribution in [0.2, 0.25) is 0 Å². The molecule has 0 amide bonds. The van der Waals surface area contributed by atoms with Crippen LogP contribution in [0.15, 0.2) is 64.6 Å². The molecule has 1 fully saturated rings. The molecule has 1 aromatic heterocycles. The van der Waals surface area contributed by atoms with E-state index in [1.807, 2.05) is 61.5 Å². The number of aliphatic hydroxyl groups is 1. The Morgan fingerprint density at radius 2 is 1.75 bits per heavy atom. The predicted octanol–water partition coefficient (Wildman–Crippen LogP) is 7.57. The summed E-state index contributed by atoms with van der Waals surface area (Å²) in [5.41, 5.74) is 2.86. The summed E-state index contributed by atoms with van der Waals surface area (Å²) in [7, 11) is 0. The van der Waals surface area contributed by atoms with E-state index >= 15 is 0 Å². The molecule has 0 unspecified atom stereocenters. The lowest BCUT2D eigenvalue weighted by molar-refractivity contribution is -0.168. The van der Waals surface area contributed by atoms with E-state index in [1.54, 1.807) is 6.92 Å². The molecule has 2 atom stereocenters. The second-order valence-corrected chi connectivity index (χ2v) is 13.3. The molecule has 0 radical (unpaired) electrons. The highest BCUT2D eigenvalue weighted by molar-refractivity contribution is 5.91. The summed E-state index contributed by atoms with van der Waals surface area (Å²) in [5, 5.41) is 11.1. The van der Waals surface area contributed by atoms with Gasteiger partial charge in [0.25, 0.3) is 0 Å². The van der Waals surface area contributed by atoms with Crippen molar-refractivity contribution >= 4 is 22.9 Å². The Hall–Kier alpha value is -3.82. The first kappa shape index (κ1) is 33.1. The summed E-state index contributed by atoms with van der Waals surface area (Å²) in [6.07, 6.45) is 5.48. The van der Waals surface area contributed by atoms with Crippen LogP contribution in [0.4, 0.5) is 0 Å². The van der Waals surface area contributed by atoms with Crippen LogP contribution >= 0.6 is 0 Å². The van der Waals surface area contributed by atoms with Gasteiger partial charge in [-0.2, -0.15) is 0 Å². The second kappa shape index (κ2) is 14.8. The molecule has 6 heteroatoms. The molecule has 6 nitrogen and oxygen atoms in total. The van der Waals surface area contributed by atoms with Crippen molar-refractivity contribution in [3.63, 3.8) is 0 Å². The van der Waals surface area contributed by atoms with Crippen LogP contribution in [-0.2, 0) is 25.5 Å². The van der Waals surface area contributed by atoms with Gasteiger partial charge in [-0.05, 0) is 68.2 Å². The highest BCUT2D eigenvalue weighted by Crippen LogP contribution is 2.33. The summed E-state index contributed by atoms with van der Waals surface area (Å²) in [5.74, 6) is 7.28. The van der Waals surface area contributed by atoms with Crippen LogP contribution in [0, 0.1) is 42.4 Å². The van der Waals surface area contributed by atoms with Crippen LogP contribution < -0.4 is 0 Å². The van der Waals surface area contributed by atoms with Gasteiger partial charge in [-0.15, -0.1) is 0 Å². The third-order valence-corrected chi connectivity index (χ3v) is 8.05. The van der Waals surface area contributed by atoms with Gasteiger partial charge in [0.15, 0.2) is 5.60 Å². The maximum Gasteiger partial charge on any atom is 0.334 e. The van der Waals surface area contributed by atoms with Crippen LogP contribution in [0.3, 0.4) is 0 Å². The summed E-state index contributed by atoms with van der Waals surface area (Å²) in [6.45, 7) is 12.0. The number of ether oxygens (including phenoxy) is 2. The Morgan fingerprint density at radius 3 is 2.41 bits per heavy atom. The average molecular weight is 599 g/mol. The largest absolute Gasteiger partial charge is 0.461 e. The average Bonchev–Trinajstić information content (AvgIpc) is 3.54. The highest BCUT2D eigenvalue weighted by atomic mass is 16.6. The van der Waals surface area contributed by atoms with Gasteiger partial charge in [-0.3, -0.25) is 4.79 Å². The molecule has 0 saturated carbocycles. The number of cyclic esters (lactones) is 1. The van der Waals surface area contributed by atoms with Gasteiger partial charge in [0.05, 0.1) is 18.1 Å². The molecule has 2 heterocycles. The number of benzene rings is 2. The number of hydrogen-bond donors (Lipinski definition) is 1. The van der Waals surface area contributed by atoms with E-state index < -0.39 is 30.1 Å². The van der Waals surface area contributed by atoms with Gasteiger partial charge >= 0.3 is 11.9 Å². The molecule has 1 aliphatic rings. The summed E-state index contributed by atoms with van der Waals surface area (Å²) >= 11 is 0. The number of para-hydroxylation sites is 1. The first-order valence-corrected chi connectivity index (χ1v) is 15.8. The minimum Gasteiger partial charge on any atom is -0.461 e. The molecule has 0 aliphatic carbocycles. The van der Waals surface area contributed by atoms with Crippen molar-refractivity contribution in [3.8, 4) is 11.8 Å². The summed E-state index contributed by atoms with van der Waals surface area (Å²) in [4.78, 5) is 25.7. The maximum absolute atomic E-state index is 13.0. The van der Waals surface area contributed by atoms with Crippen molar-refractivity contribution in [3.05, 3.63) is 82.6 Å². The second-order valence-electron chi connectivity index (χ2n) is 13.3. The SMILES string of the molecule is Cc1ccc(C#Cc2cccc3cc(C[C@@H](C)C(=O)OC[C@]4(CO)C/C(=C\CC(CC(C)C)CC(C)C)C(=O)O4)oc23)cc1. The molecule has 234 valence electrons. The van der Waals surface area contributed by atoms with Crippen LogP contribution in [0.5, 0.6) is 0 Å². The van der Waals surface area contributed by atoms with E-state index in [-0.39, 0.29) is 13.0 Å². The Kier molecular flexibility index (Phi) is 11.1. The van der Waals surface area contributed by atoms with Crippen molar-refractivity contribution in [1.82, 2.24) is 0 Å². The predicted molar refractivity (Wildman–Crippen MR) is 173 cm³/mol. The summed E-state index contributed by atoms with van der Waals surface area (Å²) in [6, 6.07) is 15.8. The van der Waals surface area contributed by atoms with E-state index in [0.717, 1.165) is 35.8 Å². The zero-order chi connectivity index (χ0) is 31.9. The van der Waals surface area contributed by atoms with Crippen LogP contribution in [-0.4, -0.2) is 35.9 Å². The number of aliphatic hydroxyl groups excluding tert-OH is 1. The molecule has 1 N–H and O–H groups in total. The fourth-order valence-corrected chi connectivity index (χ4v) is 5.84. The molecule has 1 aliphatic heterocycles. The number of carbonyl (C=O) groups is 2. The molecule has 4 rings (SSSR count). The first-order valence-electron chi connectivity index (χ1n) is 15.8. The number of carbonyl (C=O) groups excluding carboxylic acids is 2. The van der Waals surface area contributed by atoms with E-state index in [2.05, 4.69) is 39.5 Å². The van der Waals surface area contributed by atoms with Gasteiger partial charge in [0.2, 0.25) is 0 Å². The topological polar surface area (TPSA) is 86.0 Å². The van der Waals surface area contributed by atoms with Gasteiger partial charge < -0.3 is 19.0 Å². The number of hydrogen-bond acceptors (Lipinski definition) is 6. The van der Waals surface area contributed by atoms with E-state index in [4.69, 9.17) is 13.9 Å². The van der Waals surface area contributed by atoms with Crippen molar-refractivity contribution < 1.29 is 28.6 Å². The smallest absolute Gasteiger partial charge is 0.334 e. The fraction of sp³-hybridized carbons (Fsp3) is 0.474. The van der Waals surface area contributed by atoms with Gasteiger partial charge in [0.1, 0.15) is 18.0 Å². The van der Waals surface area contributed by atoms with E-state index in [0.29, 0.717) is 41.1 Å². The van der Waals surface area contributed by atoms with E-state index in [1.165, 1.54) is 5.56 Å². The number of allylic oxidation sites excluding steroid dienone is 1. The lowest BCUT2D eigenvalue weighted by Crippen LogP contribution is -2.40. The Labute approximate surface area is 261 Å². The Bertz CT molecular complexity index is 1520. The van der Waals surface area contributed by atoms with Gasteiger partial charge in [-0.25, -0.2) is 4.79 Å². The molecule has 0 spiro atoms. The Balaban J connectivity index is 1.37. The van der Waals surface area contributed by atoms with Crippen molar-refractivity contribution in [2.75, 3.05) is 13.2 Å². The molecular weight excluding hydrogens is 552 g/mol. The minimum absolute atomic E-state index is 0.198. The maximum atomic E-state index is 13.0. The van der Waals surface area contributed by atoms with Gasteiger partial charge in [0, 0.05) is 29.4 Å². The first-order chi connectivity index (χ1) is 21.0. The van der Waals surface area contributed by atoms with Gasteiger partial charge in [-0.1, -0.05) is 82.4 Å². The third-order valence-electron chi connectivity index (χ3n) is 8.05. The number of rotatable bonds is 12. The standard InChI is InChI=1S/C38H46O6/c1-25(2)18-30(19-26(3)4)15-17-33-22-38(23-39,44-37(33)41)24-42-36(40)28(6)20-34-21-32-9-7-8-31(35(32)43-34)16-14-29-12-10-27(5)11-13-29/h7-13,17,21,25-26,28,30,39H,15,18-20,22-24H2,1-6H3/b33-17+/t28-,38-/m1/s1. The van der Waals surface area contributed by atoms with Crippen molar-refractivity contribution in [1.29, 1.82) is 0 Å². The fourth-order valence-electron chi connectivity index (χ4n) is 5.84. The van der Waals surface area contributed by atoms with Crippen LogP contribution in [0.25, 0.3) is 11.0 Å². The molecule has 44 heavy (non-hydrogen) atoms. The normalized spacial score (nSPS) is 18.2. The number of furan rings is 1. The molecule has 0 bridgehead atoms.